The zero-order chi connectivity index (χ0) is 9.19. The van der Waals surface area contributed by atoms with Crippen molar-refractivity contribution in [3.63, 3.8) is 0 Å². The molecule has 1 aromatic heterocycles. The molecule has 2 nitrogen and oxygen atoms in total. The molecule has 0 unspecified atom stereocenters. The summed E-state index contributed by atoms with van der Waals surface area (Å²) in [6, 6.07) is 3.85. The van der Waals surface area contributed by atoms with Crippen molar-refractivity contribution in [1.29, 1.82) is 0 Å². The number of aryl methyl sites for hydroxylation is 1. The van der Waals surface area contributed by atoms with E-state index in [4.69, 9.17) is 4.42 Å². The SMILES string of the molecule is Cc1ccc(C(C)(C)CC=O)o1. The molecule has 0 radical (unpaired) electrons. The first-order valence-corrected chi connectivity index (χ1v) is 4.07. The summed E-state index contributed by atoms with van der Waals surface area (Å²) in [6.45, 7) is 5.90. The standard InChI is InChI=1S/C10H14O2/c1-8-4-5-9(12-8)10(2,3)6-7-11/h4-5,7H,6H2,1-3H3. The Labute approximate surface area is 72.6 Å². The predicted octanol–water partition coefficient (Wildman–Crippen LogP) is 2.45. The third-order valence-corrected chi connectivity index (χ3v) is 2.00. The molecule has 1 aromatic rings. The summed E-state index contributed by atoms with van der Waals surface area (Å²) in [6.07, 6.45) is 1.43. The average molecular weight is 166 g/mol. The largest absolute Gasteiger partial charge is 0.466 e. The van der Waals surface area contributed by atoms with Gasteiger partial charge < -0.3 is 9.21 Å². The number of hydrogen-bond donors (Lipinski definition) is 0. The minimum atomic E-state index is -0.171. The van der Waals surface area contributed by atoms with Crippen molar-refractivity contribution < 1.29 is 9.21 Å². The van der Waals surface area contributed by atoms with E-state index in [9.17, 15) is 4.79 Å². The topological polar surface area (TPSA) is 30.2 Å². The summed E-state index contributed by atoms with van der Waals surface area (Å²) in [5.74, 6) is 1.77. The third kappa shape index (κ3) is 1.76. The molecule has 66 valence electrons. The quantitative estimate of drug-likeness (QED) is 0.645. The van der Waals surface area contributed by atoms with Gasteiger partial charge in [-0.3, -0.25) is 0 Å². The Bertz CT molecular complexity index is 271. The normalized spacial score (nSPS) is 11.6. The van der Waals surface area contributed by atoms with Crippen LogP contribution in [-0.4, -0.2) is 6.29 Å². The van der Waals surface area contributed by atoms with Crippen molar-refractivity contribution in [1.82, 2.24) is 0 Å². The number of carbonyl (C=O) groups is 1. The molecular formula is C10H14O2. The molecule has 2 heteroatoms. The molecule has 0 amide bonds. The summed E-state index contributed by atoms with van der Waals surface area (Å²) in [7, 11) is 0. The molecule has 0 aliphatic heterocycles. The van der Waals surface area contributed by atoms with Crippen molar-refractivity contribution in [3.8, 4) is 0 Å². The molecular weight excluding hydrogens is 152 g/mol. The van der Waals surface area contributed by atoms with E-state index in [2.05, 4.69) is 0 Å². The van der Waals surface area contributed by atoms with E-state index in [0.717, 1.165) is 17.8 Å². The lowest BCUT2D eigenvalue weighted by Gasteiger charge is -2.18. The lowest BCUT2D eigenvalue weighted by molar-refractivity contribution is -0.108. The molecule has 0 aliphatic carbocycles. The van der Waals surface area contributed by atoms with E-state index in [1.807, 2.05) is 32.9 Å². The highest BCUT2D eigenvalue weighted by Gasteiger charge is 2.23. The molecule has 0 N–H and O–H groups in total. The highest BCUT2D eigenvalue weighted by molar-refractivity contribution is 5.52. The van der Waals surface area contributed by atoms with Crippen LogP contribution in [0.25, 0.3) is 0 Å². The highest BCUT2D eigenvalue weighted by atomic mass is 16.3. The zero-order valence-corrected chi connectivity index (χ0v) is 7.76. The third-order valence-electron chi connectivity index (χ3n) is 2.00. The molecule has 0 spiro atoms. The number of carbonyl (C=O) groups excluding carboxylic acids is 1. The fraction of sp³-hybridized carbons (Fsp3) is 0.500. The summed E-state index contributed by atoms with van der Waals surface area (Å²) in [5.41, 5.74) is -0.171. The number of rotatable bonds is 3. The Kier molecular flexibility index (Phi) is 2.36. The lowest BCUT2D eigenvalue weighted by atomic mass is 9.87. The van der Waals surface area contributed by atoms with Crippen LogP contribution in [0.4, 0.5) is 0 Å². The second kappa shape index (κ2) is 3.13. The van der Waals surface area contributed by atoms with Crippen LogP contribution in [0, 0.1) is 6.92 Å². The van der Waals surface area contributed by atoms with Crippen LogP contribution in [-0.2, 0) is 10.2 Å². The minimum Gasteiger partial charge on any atom is -0.466 e. The summed E-state index contributed by atoms with van der Waals surface area (Å²) in [5, 5.41) is 0. The summed E-state index contributed by atoms with van der Waals surface area (Å²) < 4.78 is 5.44. The van der Waals surface area contributed by atoms with Crippen LogP contribution in [0.1, 0.15) is 31.8 Å². The van der Waals surface area contributed by atoms with Crippen LogP contribution in [0.2, 0.25) is 0 Å². The van der Waals surface area contributed by atoms with Gasteiger partial charge in [0.15, 0.2) is 0 Å². The molecule has 1 rings (SSSR count). The van der Waals surface area contributed by atoms with Gasteiger partial charge in [-0.2, -0.15) is 0 Å². The van der Waals surface area contributed by atoms with E-state index in [1.165, 1.54) is 0 Å². The highest BCUT2D eigenvalue weighted by Crippen LogP contribution is 2.27. The summed E-state index contributed by atoms with van der Waals surface area (Å²) in [4.78, 5) is 10.4. The fourth-order valence-corrected chi connectivity index (χ4v) is 1.11. The molecule has 0 saturated carbocycles. The van der Waals surface area contributed by atoms with Gasteiger partial charge >= 0.3 is 0 Å². The van der Waals surface area contributed by atoms with E-state index < -0.39 is 0 Å². The Morgan fingerprint density at radius 2 is 2.17 bits per heavy atom. The monoisotopic (exact) mass is 166 g/mol. The number of hydrogen-bond acceptors (Lipinski definition) is 2. The smallest absolute Gasteiger partial charge is 0.120 e. The van der Waals surface area contributed by atoms with Crippen molar-refractivity contribution in [2.24, 2.45) is 0 Å². The van der Waals surface area contributed by atoms with Gasteiger partial charge in [0.25, 0.3) is 0 Å². The molecule has 0 aromatic carbocycles. The van der Waals surface area contributed by atoms with Crippen LogP contribution in [0.15, 0.2) is 16.5 Å². The number of furan rings is 1. The molecule has 0 atom stereocenters. The van der Waals surface area contributed by atoms with E-state index in [1.54, 1.807) is 0 Å². The van der Waals surface area contributed by atoms with Crippen molar-refractivity contribution >= 4 is 6.29 Å². The van der Waals surface area contributed by atoms with Crippen molar-refractivity contribution in [2.75, 3.05) is 0 Å². The first-order valence-electron chi connectivity index (χ1n) is 4.07. The average Bonchev–Trinajstić information content (AvgIpc) is 2.36. The van der Waals surface area contributed by atoms with Crippen LogP contribution < -0.4 is 0 Å². The van der Waals surface area contributed by atoms with Gasteiger partial charge in [0.2, 0.25) is 0 Å². The van der Waals surface area contributed by atoms with E-state index >= 15 is 0 Å². The minimum absolute atomic E-state index is 0.171. The molecule has 0 saturated heterocycles. The zero-order valence-electron chi connectivity index (χ0n) is 7.76. The van der Waals surface area contributed by atoms with Gasteiger partial charge in [-0.05, 0) is 19.1 Å². The first-order chi connectivity index (χ1) is 5.56. The molecule has 12 heavy (non-hydrogen) atoms. The Hall–Kier alpha value is -1.05. The second-order valence-electron chi connectivity index (χ2n) is 3.66. The predicted molar refractivity (Wildman–Crippen MR) is 47.2 cm³/mol. The van der Waals surface area contributed by atoms with Gasteiger partial charge in [-0.15, -0.1) is 0 Å². The Morgan fingerprint density at radius 3 is 2.58 bits per heavy atom. The van der Waals surface area contributed by atoms with Crippen molar-refractivity contribution in [2.45, 2.75) is 32.6 Å². The van der Waals surface area contributed by atoms with Crippen LogP contribution in [0.3, 0.4) is 0 Å². The van der Waals surface area contributed by atoms with Crippen LogP contribution in [0.5, 0.6) is 0 Å². The fourth-order valence-electron chi connectivity index (χ4n) is 1.11. The van der Waals surface area contributed by atoms with E-state index in [0.29, 0.717) is 6.42 Å². The Morgan fingerprint density at radius 1 is 1.50 bits per heavy atom. The van der Waals surface area contributed by atoms with Gasteiger partial charge in [0, 0.05) is 11.8 Å². The Balaban J connectivity index is 2.88. The van der Waals surface area contributed by atoms with Gasteiger partial charge in [0.05, 0.1) is 0 Å². The maximum Gasteiger partial charge on any atom is 0.120 e. The summed E-state index contributed by atoms with van der Waals surface area (Å²) >= 11 is 0. The molecule has 1 heterocycles. The maximum absolute atomic E-state index is 10.4. The molecule has 0 bridgehead atoms. The first kappa shape index (κ1) is 9.04. The van der Waals surface area contributed by atoms with Gasteiger partial charge in [0.1, 0.15) is 17.8 Å². The second-order valence-corrected chi connectivity index (χ2v) is 3.66. The van der Waals surface area contributed by atoms with Gasteiger partial charge in [-0.1, -0.05) is 13.8 Å². The lowest BCUT2D eigenvalue weighted by Crippen LogP contribution is -2.16. The number of aldehydes is 1. The van der Waals surface area contributed by atoms with E-state index in [-0.39, 0.29) is 5.41 Å². The maximum atomic E-state index is 10.4. The van der Waals surface area contributed by atoms with Crippen LogP contribution >= 0.6 is 0 Å². The molecule has 0 aliphatic rings. The van der Waals surface area contributed by atoms with Crippen molar-refractivity contribution in [3.05, 3.63) is 23.7 Å². The van der Waals surface area contributed by atoms with Gasteiger partial charge in [-0.25, -0.2) is 0 Å². The molecule has 0 fully saturated rings.